The molecule has 0 atom stereocenters. The molecule has 0 bridgehead atoms. The molecule has 1 aliphatic rings. The van der Waals surface area contributed by atoms with Gasteiger partial charge in [-0.3, -0.25) is 14.9 Å². The molecule has 180 valence electrons. The quantitative estimate of drug-likeness (QED) is 0.312. The third-order valence-electron chi connectivity index (χ3n) is 5.88. The summed E-state index contributed by atoms with van der Waals surface area (Å²) in [5.74, 6) is 0.0121. The van der Waals surface area contributed by atoms with Gasteiger partial charge in [0.2, 0.25) is 0 Å². The molecular formula is C28H23N3O5. The number of para-hydroxylation sites is 2. The lowest BCUT2D eigenvalue weighted by molar-refractivity contribution is -0.122. The van der Waals surface area contributed by atoms with E-state index in [1.165, 1.54) is 6.08 Å². The number of nitrogens with zero attached hydrogens (tertiary/aromatic N) is 2. The monoisotopic (exact) mass is 481 g/mol. The van der Waals surface area contributed by atoms with E-state index in [1.807, 2.05) is 59.3 Å². The first-order chi connectivity index (χ1) is 17.5. The Balaban J connectivity index is 1.43. The highest BCUT2D eigenvalue weighted by Gasteiger charge is 2.36. The minimum atomic E-state index is -0.773. The molecular weight excluding hydrogens is 458 g/mol. The Bertz CT molecular complexity index is 1490. The zero-order chi connectivity index (χ0) is 25.1. The number of barbiturate groups is 1. The van der Waals surface area contributed by atoms with Crippen LogP contribution in [0.1, 0.15) is 5.56 Å². The summed E-state index contributed by atoms with van der Waals surface area (Å²) in [5.41, 5.74) is 1.88. The summed E-state index contributed by atoms with van der Waals surface area (Å²) >= 11 is 0. The van der Waals surface area contributed by atoms with Crippen molar-refractivity contribution in [1.82, 2.24) is 9.88 Å². The zero-order valence-corrected chi connectivity index (χ0v) is 19.5. The van der Waals surface area contributed by atoms with Crippen molar-refractivity contribution in [3.05, 3.63) is 96.2 Å². The number of amides is 4. The van der Waals surface area contributed by atoms with Crippen LogP contribution in [-0.2, 0) is 16.1 Å². The summed E-state index contributed by atoms with van der Waals surface area (Å²) in [6, 6.07) is 22.8. The lowest BCUT2D eigenvalue weighted by Crippen LogP contribution is -2.54. The molecule has 0 aliphatic carbocycles. The number of ether oxygens (including phenoxy) is 2. The number of aromatic nitrogens is 1. The minimum absolute atomic E-state index is 0.117. The molecule has 5 rings (SSSR count). The number of imide groups is 2. The molecule has 1 aromatic heterocycles. The van der Waals surface area contributed by atoms with Gasteiger partial charge in [0.05, 0.1) is 19.3 Å². The number of fused-ring (bicyclic) bond motifs is 1. The van der Waals surface area contributed by atoms with Crippen molar-refractivity contribution in [2.24, 2.45) is 0 Å². The number of benzene rings is 3. The Morgan fingerprint density at radius 1 is 0.889 bits per heavy atom. The van der Waals surface area contributed by atoms with E-state index in [-0.39, 0.29) is 5.57 Å². The van der Waals surface area contributed by atoms with Gasteiger partial charge in [0.15, 0.2) is 0 Å². The number of hydrogen-bond donors (Lipinski definition) is 1. The average Bonchev–Trinajstić information content (AvgIpc) is 3.24. The lowest BCUT2D eigenvalue weighted by atomic mass is 10.1. The summed E-state index contributed by atoms with van der Waals surface area (Å²) in [6.45, 7) is 0.938. The second-order valence-corrected chi connectivity index (χ2v) is 8.12. The molecule has 0 saturated carbocycles. The van der Waals surface area contributed by atoms with Gasteiger partial charge in [-0.2, -0.15) is 0 Å². The highest BCUT2D eigenvalue weighted by Crippen LogP contribution is 2.27. The van der Waals surface area contributed by atoms with Crippen LogP contribution >= 0.6 is 0 Å². The van der Waals surface area contributed by atoms with Gasteiger partial charge >= 0.3 is 6.03 Å². The molecule has 0 spiro atoms. The van der Waals surface area contributed by atoms with E-state index < -0.39 is 17.8 Å². The maximum absolute atomic E-state index is 13.2. The summed E-state index contributed by atoms with van der Waals surface area (Å²) in [6.07, 6.45) is 3.40. The molecule has 8 heteroatoms. The molecule has 36 heavy (non-hydrogen) atoms. The molecule has 2 heterocycles. The summed E-state index contributed by atoms with van der Waals surface area (Å²) in [5, 5.41) is 3.14. The van der Waals surface area contributed by atoms with Crippen LogP contribution in [0.4, 0.5) is 10.5 Å². The Morgan fingerprint density at radius 2 is 1.64 bits per heavy atom. The van der Waals surface area contributed by atoms with Gasteiger partial charge in [-0.25, -0.2) is 9.69 Å². The minimum Gasteiger partial charge on any atom is -0.497 e. The fourth-order valence-corrected chi connectivity index (χ4v) is 4.15. The maximum atomic E-state index is 13.2. The molecule has 0 radical (unpaired) electrons. The molecule has 1 fully saturated rings. The smallest absolute Gasteiger partial charge is 0.335 e. The van der Waals surface area contributed by atoms with Crippen molar-refractivity contribution in [3.63, 3.8) is 0 Å². The second-order valence-electron chi connectivity index (χ2n) is 8.12. The Morgan fingerprint density at radius 3 is 2.44 bits per heavy atom. The van der Waals surface area contributed by atoms with E-state index in [4.69, 9.17) is 9.47 Å². The predicted octanol–water partition coefficient (Wildman–Crippen LogP) is 4.40. The van der Waals surface area contributed by atoms with E-state index in [2.05, 4.69) is 5.32 Å². The fourth-order valence-electron chi connectivity index (χ4n) is 4.15. The van der Waals surface area contributed by atoms with Crippen LogP contribution in [0.5, 0.6) is 11.5 Å². The fraction of sp³-hybridized carbons (Fsp3) is 0.107. The van der Waals surface area contributed by atoms with Crippen molar-refractivity contribution < 1.29 is 23.9 Å². The van der Waals surface area contributed by atoms with Crippen LogP contribution in [0.25, 0.3) is 17.0 Å². The Hall–Kier alpha value is -4.85. The largest absolute Gasteiger partial charge is 0.497 e. The molecule has 3 aromatic carbocycles. The van der Waals surface area contributed by atoms with E-state index >= 15 is 0 Å². The lowest BCUT2D eigenvalue weighted by Gasteiger charge is -2.26. The SMILES string of the molecule is COc1cccc(OCCn2cc(C=C3C(=O)NC(=O)N(c4ccccc4)C3=O)c3ccccc32)c1. The second kappa shape index (κ2) is 9.79. The number of anilines is 1. The molecule has 1 N–H and O–H groups in total. The van der Waals surface area contributed by atoms with Crippen molar-refractivity contribution in [1.29, 1.82) is 0 Å². The van der Waals surface area contributed by atoms with Gasteiger partial charge < -0.3 is 14.0 Å². The molecule has 1 aliphatic heterocycles. The third-order valence-corrected chi connectivity index (χ3v) is 5.88. The van der Waals surface area contributed by atoms with Crippen molar-refractivity contribution in [3.8, 4) is 11.5 Å². The number of rotatable bonds is 7. The van der Waals surface area contributed by atoms with Crippen LogP contribution in [0.15, 0.2) is 90.6 Å². The zero-order valence-electron chi connectivity index (χ0n) is 19.5. The maximum Gasteiger partial charge on any atom is 0.335 e. The normalized spacial score (nSPS) is 14.9. The van der Waals surface area contributed by atoms with Gasteiger partial charge in [0, 0.05) is 28.7 Å². The molecule has 8 nitrogen and oxygen atoms in total. The average molecular weight is 482 g/mol. The van der Waals surface area contributed by atoms with Gasteiger partial charge in [-0.15, -0.1) is 0 Å². The van der Waals surface area contributed by atoms with Crippen LogP contribution in [0, 0.1) is 0 Å². The van der Waals surface area contributed by atoms with Crippen molar-refractivity contribution in [2.75, 3.05) is 18.6 Å². The number of urea groups is 1. The predicted molar refractivity (Wildman–Crippen MR) is 136 cm³/mol. The van der Waals surface area contributed by atoms with Crippen molar-refractivity contribution in [2.45, 2.75) is 6.54 Å². The highest BCUT2D eigenvalue weighted by molar-refractivity contribution is 6.39. The van der Waals surface area contributed by atoms with E-state index in [1.54, 1.807) is 37.4 Å². The molecule has 0 unspecified atom stereocenters. The molecule has 1 saturated heterocycles. The number of carbonyl (C=O) groups is 3. The standard InChI is InChI=1S/C28H23N3O5/c1-35-21-10-7-11-22(17-21)36-15-14-30-18-19(23-12-5-6-13-25(23)30)16-24-26(32)29-28(34)31(27(24)33)20-8-3-2-4-9-20/h2-13,16-18H,14-15H2,1H3,(H,29,32,34). The van der Waals surface area contributed by atoms with E-state index in [0.717, 1.165) is 15.8 Å². The van der Waals surface area contributed by atoms with Crippen LogP contribution < -0.4 is 19.7 Å². The number of nitrogens with one attached hydrogen (secondary N) is 1. The molecule has 4 aromatic rings. The summed E-state index contributed by atoms with van der Waals surface area (Å²) in [7, 11) is 1.60. The van der Waals surface area contributed by atoms with Crippen molar-refractivity contribution >= 4 is 40.5 Å². The van der Waals surface area contributed by atoms with Gasteiger partial charge in [-0.05, 0) is 36.4 Å². The Labute approximate surface area is 207 Å². The highest BCUT2D eigenvalue weighted by atomic mass is 16.5. The number of carbonyl (C=O) groups excluding carboxylic acids is 3. The first-order valence-corrected chi connectivity index (χ1v) is 11.4. The van der Waals surface area contributed by atoms with Crippen LogP contribution in [-0.4, -0.2) is 36.1 Å². The topological polar surface area (TPSA) is 89.9 Å². The van der Waals surface area contributed by atoms with Crippen LogP contribution in [0.3, 0.4) is 0 Å². The van der Waals surface area contributed by atoms with Gasteiger partial charge in [0.1, 0.15) is 23.7 Å². The number of methoxy groups -OCH3 is 1. The summed E-state index contributed by atoms with van der Waals surface area (Å²) in [4.78, 5) is 39.2. The van der Waals surface area contributed by atoms with E-state index in [0.29, 0.717) is 35.9 Å². The first-order valence-electron chi connectivity index (χ1n) is 11.4. The summed E-state index contributed by atoms with van der Waals surface area (Å²) < 4.78 is 13.1. The molecule has 4 amide bonds. The van der Waals surface area contributed by atoms with E-state index in [9.17, 15) is 14.4 Å². The number of hydrogen-bond acceptors (Lipinski definition) is 5. The van der Waals surface area contributed by atoms with Crippen LogP contribution in [0.2, 0.25) is 0 Å². The van der Waals surface area contributed by atoms with Gasteiger partial charge in [0.25, 0.3) is 11.8 Å². The van der Waals surface area contributed by atoms with Gasteiger partial charge in [-0.1, -0.05) is 42.5 Å². The third kappa shape index (κ3) is 4.44. The first kappa shape index (κ1) is 22.9. The Kier molecular flexibility index (Phi) is 6.23.